The zero-order valence-electron chi connectivity index (χ0n) is 8.21. The van der Waals surface area contributed by atoms with Crippen molar-refractivity contribution in [3.05, 3.63) is 36.5 Å². The molecule has 0 fully saturated rings. The predicted molar refractivity (Wildman–Crippen MR) is 57.5 cm³/mol. The Kier molecular flexibility index (Phi) is 2.31. The van der Waals surface area contributed by atoms with Crippen molar-refractivity contribution < 1.29 is 4.74 Å². The summed E-state index contributed by atoms with van der Waals surface area (Å²) in [6.07, 6.45) is 0.00917. The van der Waals surface area contributed by atoms with Gasteiger partial charge in [-0.1, -0.05) is 18.7 Å². The van der Waals surface area contributed by atoms with Crippen LogP contribution in [0.15, 0.2) is 36.5 Å². The molecule has 3 heteroatoms. The van der Waals surface area contributed by atoms with Crippen LogP contribution < -0.4 is 15.4 Å². The first kappa shape index (κ1) is 8.94. The van der Waals surface area contributed by atoms with E-state index in [1.165, 1.54) is 0 Å². The minimum atomic E-state index is 0.00917. The van der Waals surface area contributed by atoms with Gasteiger partial charge in [0.15, 0.2) is 6.10 Å². The van der Waals surface area contributed by atoms with Gasteiger partial charge in [0, 0.05) is 12.7 Å². The van der Waals surface area contributed by atoms with Crippen LogP contribution in [0.1, 0.15) is 0 Å². The van der Waals surface area contributed by atoms with Gasteiger partial charge in [0.05, 0.1) is 12.2 Å². The lowest BCUT2D eigenvalue weighted by Crippen LogP contribution is -2.36. The van der Waals surface area contributed by atoms with Crippen molar-refractivity contribution in [2.45, 2.75) is 6.10 Å². The molecular formula is C11H14N2O. The monoisotopic (exact) mass is 190 g/mol. The van der Waals surface area contributed by atoms with E-state index in [9.17, 15) is 0 Å². The van der Waals surface area contributed by atoms with Crippen LogP contribution in [0.25, 0.3) is 0 Å². The SMILES string of the molecule is C=C(NC)C1CNc2ccccc2O1. The fourth-order valence-corrected chi connectivity index (χ4v) is 1.47. The standard InChI is InChI=1S/C11H14N2O/c1-8(12-2)11-7-13-9-5-3-4-6-10(9)14-11/h3-6,11-13H,1,7H2,2H3. The number of hydrogen-bond acceptors (Lipinski definition) is 3. The van der Waals surface area contributed by atoms with E-state index in [0.717, 1.165) is 23.7 Å². The van der Waals surface area contributed by atoms with E-state index in [0.29, 0.717) is 0 Å². The van der Waals surface area contributed by atoms with Gasteiger partial charge in [0.1, 0.15) is 5.75 Å². The molecule has 1 heterocycles. The maximum absolute atomic E-state index is 5.76. The molecule has 3 nitrogen and oxygen atoms in total. The Labute approximate surface area is 83.8 Å². The van der Waals surface area contributed by atoms with Gasteiger partial charge >= 0.3 is 0 Å². The normalized spacial score (nSPS) is 18.8. The molecule has 1 atom stereocenters. The Morgan fingerprint density at radius 2 is 2.36 bits per heavy atom. The van der Waals surface area contributed by atoms with E-state index in [1.54, 1.807) is 0 Å². The highest BCUT2D eigenvalue weighted by Gasteiger charge is 2.20. The Bertz CT molecular complexity index is 349. The number of nitrogens with one attached hydrogen (secondary N) is 2. The minimum absolute atomic E-state index is 0.00917. The number of rotatable bonds is 2. The van der Waals surface area contributed by atoms with Crippen LogP contribution in [-0.2, 0) is 0 Å². The molecule has 14 heavy (non-hydrogen) atoms. The topological polar surface area (TPSA) is 33.3 Å². The molecule has 0 aromatic heterocycles. The molecule has 2 N–H and O–H groups in total. The number of hydrogen-bond donors (Lipinski definition) is 2. The Balaban J connectivity index is 2.17. The fourth-order valence-electron chi connectivity index (χ4n) is 1.47. The molecule has 1 aliphatic heterocycles. The van der Waals surface area contributed by atoms with Gasteiger partial charge in [0.2, 0.25) is 0 Å². The second kappa shape index (κ2) is 3.62. The third-order valence-corrected chi connectivity index (χ3v) is 2.34. The average molecular weight is 190 g/mol. The number of anilines is 1. The summed E-state index contributed by atoms with van der Waals surface area (Å²) in [5.41, 5.74) is 1.94. The summed E-state index contributed by atoms with van der Waals surface area (Å²) in [5, 5.41) is 6.31. The maximum atomic E-state index is 5.76. The second-order valence-electron chi connectivity index (χ2n) is 3.26. The molecule has 0 spiro atoms. The quantitative estimate of drug-likeness (QED) is 0.743. The van der Waals surface area contributed by atoms with Crippen LogP contribution in [0.5, 0.6) is 5.75 Å². The highest BCUT2D eigenvalue weighted by atomic mass is 16.5. The number of fused-ring (bicyclic) bond motifs is 1. The Hall–Kier alpha value is -1.64. The first-order chi connectivity index (χ1) is 6.81. The second-order valence-corrected chi connectivity index (χ2v) is 3.26. The number of likely N-dealkylation sites (N-methyl/N-ethyl adjacent to an activating group) is 1. The fraction of sp³-hybridized carbons (Fsp3) is 0.273. The largest absolute Gasteiger partial charge is 0.480 e. The number of para-hydroxylation sites is 2. The molecule has 1 aromatic carbocycles. The lowest BCUT2D eigenvalue weighted by molar-refractivity contribution is 0.234. The van der Waals surface area contributed by atoms with Crippen LogP contribution in [0, 0.1) is 0 Å². The average Bonchev–Trinajstić information content (AvgIpc) is 2.27. The molecule has 0 saturated carbocycles. The summed E-state index contributed by atoms with van der Waals surface area (Å²) >= 11 is 0. The number of ether oxygens (including phenoxy) is 1. The van der Waals surface area contributed by atoms with Crippen LogP contribution in [-0.4, -0.2) is 19.7 Å². The minimum Gasteiger partial charge on any atom is -0.480 e. The van der Waals surface area contributed by atoms with Gasteiger partial charge in [-0.05, 0) is 12.1 Å². The highest BCUT2D eigenvalue weighted by molar-refractivity contribution is 5.58. The van der Waals surface area contributed by atoms with Gasteiger partial charge in [-0.2, -0.15) is 0 Å². The third kappa shape index (κ3) is 1.53. The summed E-state index contributed by atoms with van der Waals surface area (Å²) < 4.78 is 5.76. The first-order valence-corrected chi connectivity index (χ1v) is 4.67. The maximum Gasteiger partial charge on any atom is 0.155 e. The molecule has 0 radical (unpaired) electrons. The summed E-state index contributed by atoms with van der Waals surface area (Å²) in [4.78, 5) is 0. The van der Waals surface area contributed by atoms with Crippen molar-refractivity contribution in [3.63, 3.8) is 0 Å². The van der Waals surface area contributed by atoms with E-state index in [2.05, 4.69) is 17.2 Å². The van der Waals surface area contributed by atoms with Crippen molar-refractivity contribution in [1.29, 1.82) is 0 Å². The van der Waals surface area contributed by atoms with E-state index in [1.807, 2.05) is 31.3 Å². The predicted octanol–water partition coefficient (Wildman–Crippen LogP) is 1.59. The van der Waals surface area contributed by atoms with Gasteiger partial charge < -0.3 is 15.4 Å². The summed E-state index contributed by atoms with van der Waals surface area (Å²) in [6, 6.07) is 7.92. The highest BCUT2D eigenvalue weighted by Crippen LogP contribution is 2.29. The molecule has 2 rings (SSSR count). The smallest absolute Gasteiger partial charge is 0.155 e. The van der Waals surface area contributed by atoms with Crippen molar-refractivity contribution >= 4 is 5.69 Å². The van der Waals surface area contributed by atoms with Gasteiger partial charge in [-0.25, -0.2) is 0 Å². The van der Waals surface area contributed by atoms with E-state index in [-0.39, 0.29) is 6.10 Å². The van der Waals surface area contributed by atoms with E-state index in [4.69, 9.17) is 4.74 Å². The lowest BCUT2D eigenvalue weighted by atomic mass is 10.2. The van der Waals surface area contributed by atoms with Crippen LogP contribution in [0.4, 0.5) is 5.69 Å². The zero-order chi connectivity index (χ0) is 9.97. The van der Waals surface area contributed by atoms with Crippen molar-refractivity contribution in [2.24, 2.45) is 0 Å². The molecule has 0 amide bonds. The lowest BCUT2D eigenvalue weighted by Gasteiger charge is -2.28. The van der Waals surface area contributed by atoms with Crippen LogP contribution in [0.3, 0.4) is 0 Å². The molecule has 1 aliphatic rings. The summed E-state index contributed by atoms with van der Waals surface area (Å²) in [5.74, 6) is 0.889. The number of benzene rings is 1. The van der Waals surface area contributed by atoms with Gasteiger partial charge in [-0.3, -0.25) is 0 Å². The van der Waals surface area contributed by atoms with E-state index < -0.39 is 0 Å². The van der Waals surface area contributed by atoms with Crippen LogP contribution in [0.2, 0.25) is 0 Å². The van der Waals surface area contributed by atoms with E-state index >= 15 is 0 Å². The Morgan fingerprint density at radius 1 is 1.57 bits per heavy atom. The zero-order valence-corrected chi connectivity index (χ0v) is 8.21. The first-order valence-electron chi connectivity index (χ1n) is 4.67. The summed E-state index contributed by atoms with van der Waals surface area (Å²) in [6.45, 7) is 4.65. The molecule has 0 bridgehead atoms. The van der Waals surface area contributed by atoms with Gasteiger partial charge in [-0.15, -0.1) is 0 Å². The molecule has 1 aromatic rings. The van der Waals surface area contributed by atoms with Crippen molar-refractivity contribution in [2.75, 3.05) is 18.9 Å². The summed E-state index contributed by atoms with van der Waals surface area (Å²) in [7, 11) is 1.85. The molecule has 74 valence electrons. The molecular weight excluding hydrogens is 176 g/mol. The molecule has 0 saturated heterocycles. The van der Waals surface area contributed by atoms with Gasteiger partial charge in [0.25, 0.3) is 0 Å². The Morgan fingerprint density at radius 3 is 3.14 bits per heavy atom. The third-order valence-electron chi connectivity index (χ3n) is 2.34. The van der Waals surface area contributed by atoms with Crippen molar-refractivity contribution in [1.82, 2.24) is 5.32 Å². The van der Waals surface area contributed by atoms with Crippen molar-refractivity contribution in [3.8, 4) is 5.75 Å². The molecule has 1 unspecified atom stereocenters. The van der Waals surface area contributed by atoms with Crippen LogP contribution >= 0.6 is 0 Å². The molecule has 0 aliphatic carbocycles.